The molecular formula is C69H111N13O14. The molecule has 27 heteroatoms. The summed E-state index contributed by atoms with van der Waals surface area (Å²) in [5.41, 5.74) is 9.79. The fourth-order valence-electron chi connectivity index (χ4n) is 12.9. The Labute approximate surface area is 567 Å². The summed E-state index contributed by atoms with van der Waals surface area (Å²) in [4.78, 5) is 153. The minimum Gasteiger partial charge on any atom is -0.481 e. The zero-order valence-corrected chi connectivity index (χ0v) is 59.2. The number of carbonyl (C=O) groups is 11. The summed E-state index contributed by atoms with van der Waals surface area (Å²) in [6.07, 6.45) is 1.01. The van der Waals surface area contributed by atoms with E-state index in [-0.39, 0.29) is 93.1 Å². The molecule has 0 spiro atoms. The molecule has 2 aliphatic rings. The number of carboxylic acids is 1. The third-order valence-corrected chi connectivity index (χ3v) is 18.5. The van der Waals surface area contributed by atoms with Gasteiger partial charge < -0.3 is 67.3 Å². The molecule has 4 rings (SSSR count). The molecule has 536 valence electrons. The van der Waals surface area contributed by atoms with Crippen molar-refractivity contribution in [1.29, 1.82) is 0 Å². The van der Waals surface area contributed by atoms with Crippen LogP contribution in [0, 0.1) is 35.5 Å². The topological polar surface area (TPSA) is 362 Å². The molecule has 2 heterocycles. The number of amides is 11. The number of carboxylic acid groups (broad SMARTS) is 1. The maximum atomic E-state index is 14.6. The van der Waals surface area contributed by atoms with Crippen LogP contribution in [0.25, 0.3) is 0 Å². The Hall–Kier alpha value is -7.75. The molecule has 0 aliphatic carbocycles. The van der Waals surface area contributed by atoms with E-state index >= 15 is 0 Å². The van der Waals surface area contributed by atoms with Crippen LogP contribution in [0.3, 0.4) is 0 Å². The average Bonchev–Trinajstić information content (AvgIpc) is 1.37. The Morgan fingerprint density at radius 3 is 1.89 bits per heavy atom. The zero-order chi connectivity index (χ0) is 71.7. The number of hydrogen-bond donors (Lipinski definition) is 10. The van der Waals surface area contributed by atoms with E-state index in [9.17, 15) is 57.8 Å². The SMILES string of the molecule is CC[C@H](C)[C@@H]([C@@H](CC(=O)N1CCC[C@H]1[C@H](OC)[C@@H](C)C(=O)NC(Cc1ccccc1)C(=O)NCc1ccc(NC(=O)[C@H](CCCNC(N)=O)NC(=O)[C@@H](NC(=O)CCC(=O)NN2CC[C@H](C(=O)O)C[C@@H]2C)C(C)C)cc1)OC)N(C)C(=O)[C@@H](NC(=O)[C@H](C(C)C)N(C)C)C(C)C. The van der Waals surface area contributed by atoms with Gasteiger partial charge in [-0.25, -0.2) is 9.80 Å². The summed E-state index contributed by atoms with van der Waals surface area (Å²) in [6.45, 7) is 19.5. The van der Waals surface area contributed by atoms with Crippen molar-refractivity contribution in [2.75, 3.05) is 60.3 Å². The van der Waals surface area contributed by atoms with Gasteiger partial charge in [-0.15, -0.1) is 0 Å². The summed E-state index contributed by atoms with van der Waals surface area (Å²) in [6, 6.07) is 9.21. The molecule has 11 N–H and O–H groups in total. The van der Waals surface area contributed by atoms with Crippen molar-refractivity contribution in [3.8, 4) is 0 Å². The molecule has 2 saturated heterocycles. The van der Waals surface area contributed by atoms with Crippen molar-refractivity contribution in [3.63, 3.8) is 0 Å². The van der Waals surface area contributed by atoms with Gasteiger partial charge in [0.1, 0.15) is 24.2 Å². The van der Waals surface area contributed by atoms with Crippen LogP contribution in [0.5, 0.6) is 0 Å². The lowest BCUT2D eigenvalue weighted by molar-refractivity contribution is -0.148. The molecular weight excluding hydrogens is 1230 g/mol. The van der Waals surface area contributed by atoms with E-state index in [1.54, 1.807) is 66.9 Å². The first-order valence-corrected chi connectivity index (χ1v) is 33.9. The lowest BCUT2D eigenvalue weighted by atomic mass is 9.89. The van der Waals surface area contributed by atoms with E-state index in [0.29, 0.717) is 56.4 Å². The average molecular weight is 1350 g/mol. The van der Waals surface area contributed by atoms with E-state index in [4.69, 9.17) is 15.2 Å². The predicted molar refractivity (Wildman–Crippen MR) is 364 cm³/mol. The molecule has 0 bridgehead atoms. The van der Waals surface area contributed by atoms with Gasteiger partial charge in [0.15, 0.2) is 0 Å². The Morgan fingerprint density at radius 2 is 1.32 bits per heavy atom. The summed E-state index contributed by atoms with van der Waals surface area (Å²) >= 11 is 0. The highest BCUT2D eigenvalue weighted by Crippen LogP contribution is 2.30. The molecule has 0 saturated carbocycles. The van der Waals surface area contributed by atoms with E-state index in [1.807, 2.05) is 97.8 Å². The van der Waals surface area contributed by atoms with Gasteiger partial charge in [-0.05, 0) is 106 Å². The minimum atomic E-state index is -1.15. The molecule has 27 nitrogen and oxygen atoms in total. The lowest BCUT2D eigenvalue weighted by Gasteiger charge is -2.41. The quantitative estimate of drug-likeness (QED) is 0.0429. The monoisotopic (exact) mass is 1350 g/mol. The predicted octanol–water partition coefficient (Wildman–Crippen LogP) is 3.69. The number of hydrogen-bond acceptors (Lipinski definition) is 15. The van der Waals surface area contributed by atoms with Crippen LogP contribution in [-0.4, -0.2) is 206 Å². The van der Waals surface area contributed by atoms with Gasteiger partial charge in [0.05, 0.1) is 48.6 Å². The summed E-state index contributed by atoms with van der Waals surface area (Å²) in [7, 11) is 8.38. The summed E-state index contributed by atoms with van der Waals surface area (Å²) in [5.74, 6) is -7.02. The van der Waals surface area contributed by atoms with Gasteiger partial charge in [0.2, 0.25) is 53.2 Å². The molecule has 13 atom stereocenters. The summed E-state index contributed by atoms with van der Waals surface area (Å²) in [5, 5.41) is 30.7. The molecule has 2 aliphatic heterocycles. The molecule has 2 fully saturated rings. The van der Waals surface area contributed by atoms with Crippen LogP contribution in [0.4, 0.5) is 10.5 Å². The number of primary amides is 1. The second kappa shape index (κ2) is 39.5. The highest BCUT2D eigenvalue weighted by Gasteiger charge is 2.44. The van der Waals surface area contributed by atoms with Crippen LogP contribution < -0.4 is 48.4 Å². The van der Waals surface area contributed by atoms with Crippen molar-refractivity contribution in [2.45, 2.75) is 207 Å². The van der Waals surface area contributed by atoms with E-state index in [0.717, 1.165) is 5.56 Å². The Bertz CT molecular complexity index is 2890. The van der Waals surface area contributed by atoms with Crippen LogP contribution in [-0.2, 0) is 70.4 Å². The smallest absolute Gasteiger partial charge is 0.312 e. The number of likely N-dealkylation sites (N-methyl/N-ethyl adjacent to an activating group) is 2. The number of rotatable bonds is 38. The highest BCUT2D eigenvalue weighted by atomic mass is 16.5. The van der Waals surface area contributed by atoms with Gasteiger partial charge in [-0.3, -0.25) is 58.3 Å². The maximum absolute atomic E-state index is 14.6. The lowest BCUT2D eigenvalue weighted by Crippen LogP contribution is -2.59. The van der Waals surface area contributed by atoms with E-state index in [2.05, 4.69) is 42.6 Å². The Kier molecular flexibility index (Phi) is 33.2. The second-order valence-electron chi connectivity index (χ2n) is 27.0. The van der Waals surface area contributed by atoms with Crippen molar-refractivity contribution >= 4 is 70.9 Å². The standard InChI is InChI=1S/C69H111N13O14/c1-16-43(8)60(80(13)67(91)58(41(4)5)77-66(90)59(42(6)7)79(11)12)53(95-14)38-56(85)81-34-21-25-52(81)61(96-15)45(10)62(86)75-51(37-46-22-18-17-19-23-46)63(87)72-39-47-26-28-49(29-27-47)73-64(88)50(24-20-33-71-69(70)94)74-65(89)57(40(2)3)76-54(83)30-31-55(84)78-82-35-32-48(68(92)93)36-44(82)9/h17-19,22-23,26-29,40-45,48,50-53,57-61H,16,20-21,24-25,30-39H2,1-15H3,(H,72,87)(H,73,88)(H,74,89)(H,75,86)(H,76,83)(H,77,90)(H,78,84)(H,92,93)(H3,70,71,94)/t43-,44-,45+,48-,50-,51?,52-,53+,57-,58-,59-,60-,61+/m0/s1. The Balaban J connectivity index is 1.43. The van der Waals surface area contributed by atoms with Gasteiger partial charge in [0, 0.05) is 78.4 Å². The Morgan fingerprint density at radius 1 is 0.688 bits per heavy atom. The molecule has 11 amide bonds. The number of ether oxygens (including phenoxy) is 2. The van der Waals surface area contributed by atoms with Gasteiger partial charge in [-0.2, -0.15) is 0 Å². The number of anilines is 1. The maximum Gasteiger partial charge on any atom is 0.312 e. The molecule has 96 heavy (non-hydrogen) atoms. The number of nitrogens with zero attached hydrogens (tertiary/aromatic N) is 4. The van der Waals surface area contributed by atoms with E-state index < -0.39 is 120 Å². The molecule has 0 radical (unpaired) electrons. The number of piperidine rings is 1. The number of likely N-dealkylation sites (tertiary alicyclic amines) is 1. The first-order chi connectivity index (χ1) is 45.3. The first kappa shape index (κ1) is 80.7. The van der Waals surface area contributed by atoms with Crippen molar-refractivity contribution < 1.29 is 67.3 Å². The number of hydrazine groups is 1. The van der Waals surface area contributed by atoms with Crippen LogP contribution in [0.15, 0.2) is 54.6 Å². The van der Waals surface area contributed by atoms with E-state index in [1.165, 1.54) is 14.2 Å². The number of nitrogens with one attached hydrogen (secondary N) is 8. The fourth-order valence-corrected chi connectivity index (χ4v) is 12.9. The number of carbonyl (C=O) groups excluding carboxylic acids is 10. The van der Waals surface area contributed by atoms with Crippen LogP contribution in [0.2, 0.25) is 0 Å². The van der Waals surface area contributed by atoms with Gasteiger partial charge in [-0.1, -0.05) is 111 Å². The molecule has 2 aromatic rings. The third-order valence-electron chi connectivity index (χ3n) is 18.5. The third kappa shape index (κ3) is 24.4. The van der Waals surface area contributed by atoms with Crippen molar-refractivity contribution in [1.82, 2.24) is 57.0 Å². The number of aliphatic carboxylic acids is 1. The normalized spacial score (nSPS) is 18.9. The molecule has 1 unspecified atom stereocenters. The minimum absolute atomic E-state index is 0.00869. The van der Waals surface area contributed by atoms with Crippen LogP contribution >= 0.6 is 0 Å². The highest BCUT2D eigenvalue weighted by molar-refractivity contribution is 5.99. The van der Waals surface area contributed by atoms with Crippen molar-refractivity contribution in [3.05, 3.63) is 65.7 Å². The fraction of sp³-hybridized carbons (Fsp3) is 0.667. The summed E-state index contributed by atoms with van der Waals surface area (Å²) < 4.78 is 12.2. The number of methoxy groups -OCH3 is 2. The number of nitrogens with two attached hydrogens (primary N) is 1. The molecule has 0 aromatic heterocycles. The largest absolute Gasteiger partial charge is 0.481 e. The number of urea groups is 1. The van der Waals surface area contributed by atoms with Crippen LogP contribution in [0.1, 0.15) is 145 Å². The van der Waals surface area contributed by atoms with Gasteiger partial charge in [0.25, 0.3) is 0 Å². The number of benzene rings is 2. The zero-order valence-electron chi connectivity index (χ0n) is 59.2. The van der Waals surface area contributed by atoms with Gasteiger partial charge >= 0.3 is 12.0 Å². The second-order valence-corrected chi connectivity index (χ2v) is 27.0. The first-order valence-electron chi connectivity index (χ1n) is 33.9. The molecule has 2 aromatic carbocycles. The van der Waals surface area contributed by atoms with Crippen molar-refractivity contribution in [2.24, 2.45) is 41.2 Å².